The quantitative estimate of drug-likeness (QED) is 0.208. The van der Waals surface area contributed by atoms with E-state index in [4.69, 9.17) is 4.98 Å². The first-order chi connectivity index (χ1) is 20.8. The summed E-state index contributed by atoms with van der Waals surface area (Å²) in [6.07, 6.45) is 5.64. The van der Waals surface area contributed by atoms with Crippen molar-refractivity contribution in [2.45, 2.75) is 0 Å². The third-order valence-corrected chi connectivity index (χ3v) is 8.54. The summed E-state index contributed by atoms with van der Waals surface area (Å²) < 4.78 is 0. The van der Waals surface area contributed by atoms with E-state index in [1.165, 1.54) is 37.9 Å². The molecule has 3 heterocycles. The maximum atomic E-state index is 5.18. The second-order valence-corrected chi connectivity index (χ2v) is 10.9. The Kier molecular flexibility index (Phi) is 4.90. The Morgan fingerprint density at radius 2 is 1.10 bits per heavy atom. The SMILES string of the molecule is c1ccc2c(c1)ccc1c3ccc(-c4cc(-c5ccc6ccc7cccnc7c6n5)c5cnccc5c4)cc3ccc21. The lowest BCUT2D eigenvalue weighted by Gasteiger charge is -2.13. The van der Waals surface area contributed by atoms with Crippen molar-refractivity contribution < 1.29 is 0 Å². The smallest absolute Gasteiger partial charge is 0.0972 e. The van der Waals surface area contributed by atoms with Gasteiger partial charge in [-0.3, -0.25) is 9.97 Å². The Bertz CT molecular complexity index is 2530. The van der Waals surface area contributed by atoms with Gasteiger partial charge >= 0.3 is 0 Å². The topological polar surface area (TPSA) is 38.7 Å². The Morgan fingerprint density at radius 3 is 2.02 bits per heavy atom. The van der Waals surface area contributed by atoms with Crippen molar-refractivity contribution in [3.8, 4) is 22.4 Å². The van der Waals surface area contributed by atoms with Crippen LogP contribution in [0.2, 0.25) is 0 Å². The normalized spacial score (nSPS) is 11.8. The molecule has 6 aromatic carbocycles. The average molecular weight is 534 g/mol. The third kappa shape index (κ3) is 3.50. The molecule has 0 fully saturated rings. The van der Waals surface area contributed by atoms with Crippen molar-refractivity contribution in [3.05, 3.63) is 140 Å². The molecule has 0 amide bonds. The van der Waals surface area contributed by atoms with Crippen molar-refractivity contribution in [1.82, 2.24) is 15.0 Å². The van der Waals surface area contributed by atoms with Gasteiger partial charge in [0.05, 0.1) is 16.7 Å². The molecule has 9 aromatic rings. The molecule has 0 atom stereocenters. The number of nitrogens with zero attached hydrogens (tertiary/aromatic N) is 3. The van der Waals surface area contributed by atoms with E-state index in [1.54, 1.807) is 0 Å². The maximum Gasteiger partial charge on any atom is 0.0972 e. The van der Waals surface area contributed by atoms with Gasteiger partial charge in [-0.05, 0) is 85.2 Å². The van der Waals surface area contributed by atoms with E-state index in [2.05, 4.69) is 125 Å². The van der Waals surface area contributed by atoms with Crippen molar-refractivity contribution in [3.63, 3.8) is 0 Å². The minimum atomic E-state index is 0.915. The van der Waals surface area contributed by atoms with Gasteiger partial charge in [0.15, 0.2) is 0 Å². The van der Waals surface area contributed by atoms with Crippen LogP contribution in [0.25, 0.3) is 87.3 Å². The lowest BCUT2D eigenvalue weighted by molar-refractivity contribution is 1.35. The number of hydrogen-bond acceptors (Lipinski definition) is 3. The zero-order valence-corrected chi connectivity index (χ0v) is 22.6. The summed E-state index contributed by atoms with van der Waals surface area (Å²) >= 11 is 0. The summed E-state index contributed by atoms with van der Waals surface area (Å²) in [6.45, 7) is 0. The number of hydrogen-bond donors (Lipinski definition) is 0. The van der Waals surface area contributed by atoms with E-state index in [1.807, 2.05) is 24.7 Å². The zero-order valence-electron chi connectivity index (χ0n) is 22.6. The Hall–Kier alpha value is -5.67. The predicted molar refractivity (Wildman–Crippen MR) is 176 cm³/mol. The van der Waals surface area contributed by atoms with Crippen LogP contribution in [0.3, 0.4) is 0 Å². The summed E-state index contributed by atoms with van der Waals surface area (Å²) in [7, 11) is 0. The van der Waals surface area contributed by atoms with Crippen LogP contribution in [0.1, 0.15) is 0 Å². The largest absolute Gasteiger partial charge is 0.264 e. The van der Waals surface area contributed by atoms with Crippen LogP contribution in [0.15, 0.2) is 140 Å². The van der Waals surface area contributed by atoms with Crippen LogP contribution < -0.4 is 0 Å². The first kappa shape index (κ1) is 23.1. The summed E-state index contributed by atoms with van der Waals surface area (Å²) in [5.41, 5.74) is 6.15. The van der Waals surface area contributed by atoms with Gasteiger partial charge < -0.3 is 0 Å². The van der Waals surface area contributed by atoms with Crippen LogP contribution >= 0.6 is 0 Å². The van der Waals surface area contributed by atoms with Crippen molar-refractivity contribution in [2.75, 3.05) is 0 Å². The minimum absolute atomic E-state index is 0.915. The molecule has 0 aliphatic carbocycles. The fourth-order valence-electron chi connectivity index (χ4n) is 6.46. The molecule has 0 saturated heterocycles. The average Bonchev–Trinajstić information content (AvgIpc) is 3.07. The fraction of sp³-hybridized carbons (Fsp3) is 0. The highest BCUT2D eigenvalue weighted by Gasteiger charge is 2.13. The molecule has 9 rings (SSSR count). The van der Waals surface area contributed by atoms with E-state index < -0.39 is 0 Å². The molecule has 0 unspecified atom stereocenters. The van der Waals surface area contributed by atoms with E-state index in [0.717, 1.165) is 49.4 Å². The van der Waals surface area contributed by atoms with Gasteiger partial charge in [-0.2, -0.15) is 0 Å². The number of pyridine rings is 3. The molecule has 0 aliphatic rings. The van der Waals surface area contributed by atoms with Gasteiger partial charge in [0.2, 0.25) is 0 Å². The van der Waals surface area contributed by atoms with Crippen LogP contribution in [-0.4, -0.2) is 15.0 Å². The summed E-state index contributed by atoms with van der Waals surface area (Å²) in [6, 6.07) is 43.6. The minimum Gasteiger partial charge on any atom is -0.264 e. The molecule has 194 valence electrons. The number of benzene rings is 6. The highest BCUT2D eigenvalue weighted by molar-refractivity contribution is 6.17. The Balaban J connectivity index is 1.25. The third-order valence-electron chi connectivity index (χ3n) is 8.54. The van der Waals surface area contributed by atoms with Gasteiger partial charge in [0, 0.05) is 40.3 Å². The standard InChI is InChI=1S/C39H23N3/c1-2-6-31-24(4-1)9-14-34-32-13-10-27(20-28(32)11-15-33(31)34)30-21-29-17-19-40-23-36(29)35(22-30)37-16-12-26-8-7-25-5-3-18-41-38(25)39(26)42-37/h1-23H. The van der Waals surface area contributed by atoms with Crippen molar-refractivity contribution in [1.29, 1.82) is 0 Å². The van der Waals surface area contributed by atoms with E-state index in [9.17, 15) is 0 Å². The Labute approximate surface area is 241 Å². The lowest BCUT2D eigenvalue weighted by Crippen LogP contribution is -1.91. The summed E-state index contributed by atoms with van der Waals surface area (Å²) in [5.74, 6) is 0. The van der Waals surface area contributed by atoms with Crippen molar-refractivity contribution in [2.24, 2.45) is 0 Å². The monoisotopic (exact) mass is 533 g/mol. The number of aromatic nitrogens is 3. The van der Waals surface area contributed by atoms with E-state index in [0.29, 0.717) is 0 Å². The summed E-state index contributed by atoms with van der Waals surface area (Å²) in [5, 5.41) is 12.0. The van der Waals surface area contributed by atoms with Crippen LogP contribution in [0.4, 0.5) is 0 Å². The molecular formula is C39H23N3. The van der Waals surface area contributed by atoms with Gasteiger partial charge in [-0.15, -0.1) is 0 Å². The molecule has 3 heteroatoms. The Morgan fingerprint density at radius 1 is 0.405 bits per heavy atom. The molecule has 0 N–H and O–H groups in total. The highest BCUT2D eigenvalue weighted by atomic mass is 14.8. The van der Waals surface area contributed by atoms with Gasteiger partial charge in [0.25, 0.3) is 0 Å². The number of rotatable bonds is 2. The van der Waals surface area contributed by atoms with Gasteiger partial charge in [0.1, 0.15) is 0 Å². The second kappa shape index (κ2) is 8.92. The van der Waals surface area contributed by atoms with Crippen LogP contribution in [-0.2, 0) is 0 Å². The van der Waals surface area contributed by atoms with E-state index >= 15 is 0 Å². The van der Waals surface area contributed by atoms with E-state index in [-0.39, 0.29) is 0 Å². The van der Waals surface area contributed by atoms with Crippen LogP contribution in [0.5, 0.6) is 0 Å². The number of fused-ring (bicyclic) bond motifs is 9. The van der Waals surface area contributed by atoms with Gasteiger partial charge in [-0.1, -0.05) is 84.9 Å². The molecule has 3 nitrogen and oxygen atoms in total. The molecule has 0 aliphatic heterocycles. The molecule has 0 radical (unpaired) electrons. The molecule has 0 spiro atoms. The molecule has 42 heavy (non-hydrogen) atoms. The van der Waals surface area contributed by atoms with Gasteiger partial charge in [-0.25, -0.2) is 4.98 Å². The molecule has 3 aromatic heterocycles. The van der Waals surface area contributed by atoms with Crippen LogP contribution in [0, 0.1) is 0 Å². The lowest BCUT2D eigenvalue weighted by atomic mass is 9.92. The molecule has 0 bridgehead atoms. The highest BCUT2D eigenvalue weighted by Crippen LogP contribution is 2.37. The zero-order chi connectivity index (χ0) is 27.6. The summed E-state index contributed by atoms with van der Waals surface area (Å²) in [4.78, 5) is 14.3. The molecular weight excluding hydrogens is 510 g/mol. The first-order valence-corrected chi connectivity index (χ1v) is 14.2. The second-order valence-electron chi connectivity index (χ2n) is 10.9. The first-order valence-electron chi connectivity index (χ1n) is 14.2. The maximum absolute atomic E-state index is 5.18. The molecule has 0 saturated carbocycles. The fourth-order valence-corrected chi connectivity index (χ4v) is 6.46. The predicted octanol–water partition coefficient (Wildman–Crippen LogP) is 10.1. The van der Waals surface area contributed by atoms with Crippen molar-refractivity contribution >= 4 is 64.9 Å².